The van der Waals surface area contributed by atoms with Gasteiger partial charge in [0.2, 0.25) is 0 Å². The Morgan fingerprint density at radius 1 is 1.43 bits per heavy atom. The number of hydrogen-bond donors (Lipinski definition) is 1. The molecule has 1 saturated heterocycles. The van der Waals surface area contributed by atoms with E-state index in [-0.39, 0.29) is 16.4 Å². The number of aromatic nitrogens is 1. The molecule has 14 heavy (non-hydrogen) atoms. The molecule has 2 rings (SSSR count). The van der Waals surface area contributed by atoms with Crippen LogP contribution in [0.2, 0.25) is 10.3 Å². The van der Waals surface area contributed by atoms with Crippen molar-refractivity contribution in [1.82, 2.24) is 10.3 Å². The Morgan fingerprint density at radius 2 is 2.07 bits per heavy atom. The lowest BCUT2D eigenvalue weighted by Gasteiger charge is -2.07. The summed E-state index contributed by atoms with van der Waals surface area (Å²) in [6.45, 7) is 0.426. The summed E-state index contributed by atoms with van der Waals surface area (Å²) in [6.07, 6.45) is -0.764. The molecule has 4 nitrogen and oxygen atoms in total. The average molecular weight is 233 g/mol. The number of alkyl carbamates (subject to hydrolysis) is 1. The molecule has 1 aliphatic heterocycles. The van der Waals surface area contributed by atoms with Crippen LogP contribution in [-0.2, 0) is 4.74 Å². The highest BCUT2D eigenvalue weighted by molar-refractivity contribution is 6.32. The first kappa shape index (κ1) is 9.55. The van der Waals surface area contributed by atoms with Gasteiger partial charge in [-0.1, -0.05) is 23.2 Å². The molecule has 1 amide bonds. The number of carbonyl (C=O) groups excluding carboxylic acids is 1. The third kappa shape index (κ3) is 1.91. The minimum Gasteiger partial charge on any atom is -0.439 e. The largest absolute Gasteiger partial charge is 0.439 e. The molecule has 1 aromatic heterocycles. The van der Waals surface area contributed by atoms with E-state index in [2.05, 4.69) is 10.3 Å². The van der Waals surface area contributed by atoms with Crippen molar-refractivity contribution in [2.45, 2.75) is 6.10 Å². The van der Waals surface area contributed by atoms with Crippen LogP contribution in [0.4, 0.5) is 4.79 Å². The second-order valence-electron chi connectivity index (χ2n) is 2.82. The zero-order valence-electron chi connectivity index (χ0n) is 6.96. The van der Waals surface area contributed by atoms with Gasteiger partial charge in [-0.3, -0.25) is 0 Å². The topological polar surface area (TPSA) is 51.2 Å². The zero-order valence-corrected chi connectivity index (χ0v) is 8.47. The fourth-order valence-corrected chi connectivity index (χ4v) is 1.72. The van der Waals surface area contributed by atoms with Crippen LogP contribution in [0.15, 0.2) is 12.1 Å². The van der Waals surface area contributed by atoms with Gasteiger partial charge in [-0.2, -0.15) is 0 Å². The second-order valence-corrected chi connectivity index (χ2v) is 3.60. The maximum absolute atomic E-state index is 10.8. The molecule has 0 saturated carbocycles. The summed E-state index contributed by atoms with van der Waals surface area (Å²) in [6, 6.07) is 3.25. The number of cyclic esters (lactones) is 1. The Morgan fingerprint density at radius 3 is 2.57 bits per heavy atom. The van der Waals surface area contributed by atoms with Gasteiger partial charge >= 0.3 is 6.09 Å². The molecule has 1 aliphatic rings. The van der Waals surface area contributed by atoms with Gasteiger partial charge in [-0.05, 0) is 12.1 Å². The van der Waals surface area contributed by atoms with Gasteiger partial charge in [0.1, 0.15) is 16.4 Å². The lowest BCUT2D eigenvalue weighted by atomic mass is 10.1. The van der Waals surface area contributed by atoms with E-state index in [0.29, 0.717) is 6.54 Å². The SMILES string of the molecule is O=C1NCC(c2cc(Cl)nc(Cl)c2)O1. The van der Waals surface area contributed by atoms with Gasteiger partial charge in [-0.15, -0.1) is 0 Å². The van der Waals surface area contributed by atoms with Crippen LogP contribution in [0.1, 0.15) is 11.7 Å². The van der Waals surface area contributed by atoms with Crippen LogP contribution < -0.4 is 5.32 Å². The standard InChI is InChI=1S/C8H6Cl2N2O2/c9-6-1-4(2-7(10)12-6)5-3-11-8(13)14-5/h1-2,5H,3H2,(H,11,13). The Balaban J connectivity index is 2.27. The van der Waals surface area contributed by atoms with Crippen molar-refractivity contribution in [1.29, 1.82) is 0 Å². The van der Waals surface area contributed by atoms with Crippen molar-refractivity contribution in [2.24, 2.45) is 0 Å². The maximum Gasteiger partial charge on any atom is 0.407 e. The number of nitrogens with zero attached hydrogens (tertiary/aromatic N) is 1. The van der Waals surface area contributed by atoms with E-state index in [1.807, 2.05) is 0 Å². The quantitative estimate of drug-likeness (QED) is 0.756. The van der Waals surface area contributed by atoms with Gasteiger partial charge < -0.3 is 10.1 Å². The van der Waals surface area contributed by atoms with Crippen LogP contribution in [0, 0.1) is 0 Å². The van der Waals surface area contributed by atoms with Crippen molar-refractivity contribution in [2.75, 3.05) is 6.54 Å². The molecular weight excluding hydrogens is 227 g/mol. The molecule has 1 aromatic rings. The van der Waals surface area contributed by atoms with Gasteiger partial charge in [-0.25, -0.2) is 9.78 Å². The molecule has 0 spiro atoms. The number of carbonyl (C=O) groups is 1. The van der Waals surface area contributed by atoms with E-state index in [0.717, 1.165) is 5.56 Å². The van der Waals surface area contributed by atoms with Crippen LogP contribution in [0.5, 0.6) is 0 Å². The third-order valence-electron chi connectivity index (χ3n) is 1.84. The molecule has 0 aromatic carbocycles. The molecule has 1 atom stereocenters. The van der Waals surface area contributed by atoms with Crippen molar-refractivity contribution < 1.29 is 9.53 Å². The Kier molecular flexibility index (Phi) is 2.48. The first-order valence-corrected chi connectivity index (χ1v) is 4.68. The Hall–Kier alpha value is -1.00. The summed E-state index contributed by atoms with van der Waals surface area (Å²) >= 11 is 11.4. The molecule has 0 aliphatic carbocycles. The summed E-state index contributed by atoms with van der Waals surface area (Å²) in [5.74, 6) is 0. The van der Waals surface area contributed by atoms with Crippen LogP contribution in [-0.4, -0.2) is 17.6 Å². The van der Waals surface area contributed by atoms with Gasteiger partial charge in [0.15, 0.2) is 0 Å². The highest BCUT2D eigenvalue weighted by Gasteiger charge is 2.24. The van der Waals surface area contributed by atoms with Crippen LogP contribution in [0.25, 0.3) is 0 Å². The summed E-state index contributed by atoms with van der Waals surface area (Å²) in [7, 11) is 0. The van der Waals surface area contributed by atoms with Crippen molar-refractivity contribution in [3.05, 3.63) is 28.0 Å². The number of halogens is 2. The average Bonchev–Trinajstić information content (AvgIpc) is 2.50. The first-order chi connectivity index (χ1) is 6.65. The predicted octanol–water partition coefficient (Wildman–Crippen LogP) is 2.17. The van der Waals surface area contributed by atoms with Crippen LogP contribution in [0.3, 0.4) is 0 Å². The number of amides is 1. The number of hydrogen-bond acceptors (Lipinski definition) is 3. The zero-order chi connectivity index (χ0) is 10.1. The molecular formula is C8H6Cl2N2O2. The minimum atomic E-state index is -0.431. The van der Waals surface area contributed by atoms with Gasteiger partial charge in [0.05, 0.1) is 6.54 Å². The fraction of sp³-hybridized carbons (Fsp3) is 0.250. The molecule has 0 radical (unpaired) electrons. The summed E-state index contributed by atoms with van der Waals surface area (Å²) in [4.78, 5) is 14.6. The lowest BCUT2D eigenvalue weighted by molar-refractivity contribution is 0.141. The van der Waals surface area contributed by atoms with Gasteiger partial charge in [0, 0.05) is 5.56 Å². The highest BCUT2D eigenvalue weighted by atomic mass is 35.5. The molecule has 1 unspecified atom stereocenters. The van der Waals surface area contributed by atoms with Crippen molar-refractivity contribution in [3.8, 4) is 0 Å². The number of nitrogens with one attached hydrogen (secondary N) is 1. The number of pyridine rings is 1. The number of ether oxygens (including phenoxy) is 1. The second kappa shape index (κ2) is 3.63. The molecule has 6 heteroatoms. The molecule has 1 fully saturated rings. The van der Waals surface area contributed by atoms with Crippen molar-refractivity contribution >= 4 is 29.3 Å². The predicted molar refractivity (Wildman–Crippen MR) is 51.5 cm³/mol. The molecule has 2 heterocycles. The molecule has 74 valence electrons. The summed E-state index contributed by atoms with van der Waals surface area (Å²) in [5, 5.41) is 3.11. The summed E-state index contributed by atoms with van der Waals surface area (Å²) < 4.78 is 4.96. The number of rotatable bonds is 1. The monoisotopic (exact) mass is 232 g/mol. The maximum atomic E-state index is 10.8. The third-order valence-corrected chi connectivity index (χ3v) is 2.23. The Bertz CT molecular complexity index is 363. The first-order valence-electron chi connectivity index (χ1n) is 3.92. The van der Waals surface area contributed by atoms with E-state index in [1.165, 1.54) is 0 Å². The Labute approximate surface area is 90.2 Å². The molecule has 0 bridgehead atoms. The highest BCUT2D eigenvalue weighted by Crippen LogP contribution is 2.24. The van der Waals surface area contributed by atoms with Crippen LogP contribution >= 0.6 is 23.2 Å². The fourth-order valence-electron chi connectivity index (χ4n) is 1.24. The van der Waals surface area contributed by atoms with E-state index in [1.54, 1.807) is 12.1 Å². The van der Waals surface area contributed by atoms with Crippen molar-refractivity contribution in [3.63, 3.8) is 0 Å². The lowest BCUT2D eigenvalue weighted by Crippen LogP contribution is -2.12. The summed E-state index contributed by atoms with van der Waals surface area (Å²) in [5.41, 5.74) is 0.744. The van der Waals surface area contributed by atoms with E-state index < -0.39 is 6.09 Å². The smallest absolute Gasteiger partial charge is 0.407 e. The normalized spacial score (nSPS) is 20.4. The van der Waals surface area contributed by atoms with E-state index in [9.17, 15) is 4.79 Å². The van der Waals surface area contributed by atoms with Gasteiger partial charge in [0.25, 0.3) is 0 Å². The van der Waals surface area contributed by atoms with E-state index in [4.69, 9.17) is 27.9 Å². The molecule has 1 N–H and O–H groups in total. The minimum absolute atomic E-state index is 0.287. The van der Waals surface area contributed by atoms with E-state index >= 15 is 0 Å².